The maximum atomic E-state index is 12.0. The minimum atomic E-state index is -1.16. The molecular weight excluding hydrogens is 356 g/mol. The number of nitrogens with one attached hydrogen (secondary N) is 4. The number of hydrogen-bond acceptors (Lipinski definition) is 6. The lowest BCUT2D eigenvalue weighted by Crippen LogP contribution is -2.38. The van der Waals surface area contributed by atoms with Gasteiger partial charge in [-0.05, 0) is 31.2 Å². The van der Waals surface area contributed by atoms with Crippen molar-refractivity contribution in [2.45, 2.75) is 19.4 Å². The number of aliphatic hydroxyl groups is 1. The number of hydrogen-bond donors (Lipinski definition) is 7. The number of aliphatic carboxylic acids is 1. The Hall–Kier alpha value is -3.89. The molecular formula is C16H18N6O5. The van der Waals surface area contributed by atoms with E-state index in [-0.39, 0.29) is 35.1 Å². The molecule has 3 amide bonds. The first-order chi connectivity index (χ1) is 12.7. The smallest absolute Gasteiger partial charge is 0.325 e. The monoisotopic (exact) mass is 374 g/mol. The van der Waals surface area contributed by atoms with Crippen molar-refractivity contribution in [2.24, 2.45) is 10.7 Å². The van der Waals surface area contributed by atoms with E-state index >= 15 is 0 Å². The number of amidine groups is 2. The highest BCUT2D eigenvalue weighted by Gasteiger charge is 2.20. The highest BCUT2D eigenvalue weighted by atomic mass is 16.4. The zero-order valence-corrected chi connectivity index (χ0v) is 14.2. The van der Waals surface area contributed by atoms with Gasteiger partial charge >= 0.3 is 12.0 Å². The normalized spacial score (nSPS) is 14.9. The molecule has 0 spiro atoms. The summed E-state index contributed by atoms with van der Waals surface area (Å²) in [5.74, 6) is -2.31. The van der Waals surface area contributed by atoms with Gasteiger partial charge in [-0.1, -0.05) is 0 Å². The number of carboxylic acids is 1. The van der Waals surface area contributed by atoms with E-state index in [0.717, 1.165) is 0 Å². The number of rotatable bonds is 5. The quantitative estimate of drug-likeness (QED) is 0.393. The van der Waals surface area contributed by atoms with Gasteiger partial charge in [0.2, 0.25) is 0 Å². The second-order valence-electron chi connectivity index (χ2n) is 5.64. The van der Waals surface area contributed by atoms with Gasteiger partial charge in [0.1, 0.15) is 23.3 Å². The lowest BCUT2D eigenvalue weighted by Gasteiger charge is -2.16. The molecule has 11 nitrogen and oxygen atoms in total. The topological polar surface area (TPSA) is 190 Å². The Morgan fingerprint density at radius 1 is 1.22 bits per heavy atom. The third-order valence-electron chi connectivity index (χ3n) is 3.49. The van der Waals surface area contributed by atoms with Crippen molar-refractivity contribution in [3.05, 3.63) is 41.3 Å². The number of carbonyl (C=O) groups is 3. The fraction of sp³-hybridized carbons (Fsp3) is 0.188. The molecule has 8 N–H and O–H groups in total. The molecule has 142 valence electrons. The summed E-state index contributed by atoms with van der Waals surface area (Å²) in [6.45, 7) is 1.34. The number of dihydropyridines is 1. The molecule has 1 atom stereocenters. The molecule has 0 aromatic heterocycles. The second-order valence-corrected chi connectivity index (χ2v) is 5.64. The molecule has 0 saturated carbocycles. The molecule has 0 aliphatic carbocycles. The number of aliphatic imine (C=N–C) groups is 1. The minimum Gasteiger partial charge on any atom is -0.510 e. The highest BCUT2D eigenvalue weighted by Crippen LogP contribution is 2.13. The van der Waals surface area contributed by atoms with Crippen LogP contribution < -0.4 is 21.7 Å². The van der Waals surface area contributed by atoms with E-state index in [1.165, 1.54) is 31.2 Å². The predicted molar refractivity (Wildman–Crippen MR) is 96.8 cm³/mol. The van der Waals surface area contributed by atoms with Gasteiger partial charge in [-0.15, -0.1) is 0 Å². The van der Waals surface area contributed by atoms with Gasteiger partial charge in [0.05, 0.1) is 6.42 Å². The van der Waals surface area contributed by atoms with Crippen LogP contribution in [0.1, 0.15) is 23.7 Å². The van der Waals surface area contributed by atoms with Crippen LogP contribution in [0.5, 0.6) is 0 Å². The maximum Gasteiger partial charge on any atom is 0.325 e. The third kappa shape index (κ3) is 5.04. The second kappa shape index (κ2) is 7.99. The molecule has 11 heteroatoms. The van der Waals surface area contributed by atoms with Crippen molar-refractivity contribution in [1.29, 1.82) is 5.41 Å². The van der Waals surface area contributed by atoms with Gasteiger partial charge in [-0.25, -0.2) is 9.79 Å². The predicted octanol–water partition coefficient (Wildman–Crippen LogP) is 0.519. The number of anilines is 1. The lowest BCUT2D eigenvalue weighted by atomic mass is 10.2. The van der Waals surface area contributed by atoms with Crippen LogP contribution in [0.25, 0.3) is 0 Å². The lowest BCUT2D eigenvalue weighted by molar-refractivity contribution is -0.138. The maximum absolute atomic E-state index is 12.0. The van der Waals surface area contributed by atoms with Crippen molar-refractivity contribution < 1.29 is 24.6 Å². The molecule has 1 aliphatic heterocycles. The van der Waals surface area contributed by atoms with Crippen LogP contribution in [0.15, 0.2) is 40.7 Å². The SMILES string of the molecule is C[C@H](NC(=O)c1ccc(NC(=O)NC2=C(O)CC(N)=NC2=N)cc1)C(=O)O. The molecule has 0 bridgehead atoms. The van der Waals surface area contributed by atoms with Gasteiger partial charge < -0.3 is 31.9 Å². The van der Waals surface area contributed by atoms with Crippen molar-refractivity contribution in [3.8, 4) is 0 Å². The first kappa shape index (κ1) is 19.4. The van der Waals surface area contributed by atoms with Crippen LogP contribution in [0.2, 0.25) is 0 Å². The summed E-state index contributed by atoms with van der Waals surface area (Å²) in [5, 5.41) is 33.3. The average molecular weight is 374 g/mol. The Morgan fingerprint density at radius 2 is 1.85 bits per heavy atom. The van der Waals surface area contributed by atoms with Crippen molar-refractivity contribution >= 4 is 35.3 Å². The summed E-state index contributed by atoms with van der Waals surface area (Å²) in [7, 11) is 0. The summed E-state index contributed by atoms with van der Waals surface area (Å²) in [6, 6.07) is 3.93. The van der Waals surface area contributed by atoms with Crippen molar-refractivity contribution in [3.63, 3.8) is 0 Å². The van der Waals surface area contributed by atoms with E-state index in [9.17, 15) is 19.5 Å². The third-order valence-corrected chi connectivity index (χ3v) is 3.49. The zero-order chi connectivity index (χ0) is 20.1. The number of aliphatic hydroxyl groups excluding tert-OH is 1. The van der Waals surface area contributed by atoms with Crippen molar-refractivity contribution in [2.75, 3.05) is 5.32 Å². The molecule has 1 aromatic carbocycles. The Bertz CT molecular complexity index is 859. The fourth-order valence-electron chi connectivity index (χ4n) is 2.09. The summed E-state index contributed by atoms with van der Waals surface area (Å²) in [4.78, 5) is 38.3. The first-order valence-corrected chi connectivity index (χ1v) is 7.73. The summed E-state index contributed by atoms with van der Waals surface area (Å²) in [6.07, 6.45) is -0.0728. The van der Waals surface area contributed by atoms with E-state index in [0.29, 0.717) is 5.69 Å². The van der Waals surface area contributed by atoms with E-state index in [2.05, 4.69) is 20.9 Å². The Morgan fingerprint density at radius 3 is 2.41 bits per heavy atom. The number of nitrogens with two attached hydrogens (primary N) is 1. The zero-order valence-electron chi connectivity index (χ0n) is 14.2. The summed E-state index contributed by atoms with van der Waals surface area (Å²) >= 11 is 0. The van der Waals surface area contributed by atoms with Gasteiger partial charge in [0.15, 0.2) is 5.84 Å². The van der Waals surface area contributed by atoms with Crippen LogP contribution >= 0.6 is 0 Å². The molecule has 0 radical (unpaired) electrons. The van der Waals surface area contributed by atoms with Gasteiger partial charge in [0, 0.05) is 11.3 Å². The molecule has 2 rings (SSSR count). The average Bonchev–Trinajstić information content (AvgIpc) is 2.58. The molecule has 0 unspecified atom stereocenters. The van der Waals surface area contributed by atoms with E-state index < -0.39 is 23.9 Å². The van der Waals surface area contributed by atoms with E-state index in [1.54, 1.807) is 0 Å². The first-order valence-electron chi connectivity index (χ1n) is 7.73. The summed E-state index contributed by atoms with van der Waals surface area (Å²) in [5.41, 5.74) is 5.84. The highest BCUT2D eigenvalue weighted by molar-refractivity contribution is 6.10. The van der Waals surface area contributed by atoms with E-state index in [1.807, 2.05) is 0 Å². The fourth-order valence-corrected chi connectivity index (χ4v) is 2.09. The number of nitrogens with zero attached hydrogens (tertiary/aromatic N) is 1. The molecule has 1 aliphatic rings. The number of carbonyl (C=O) groups excluding carboxylic acids is 2. The summed E-state index contributed by atoms with van der Waals surface area (Å²) < 4.78 is 0. The van der Waals surface area contributed by atoms with Crippen LogP contribution in [0, 0.1) is 5.41 Å². The van der Waals surface area contributed by atoms with E-state index in [4.69, 9.17) is 16.2 Å². The van der Waals surface area contributed by atoms with Crippen LogP contribution in [-0.2, 0) is 4.79 Å². The van der Waals surface area contributed by atoms with Crippen LogP contribution in [-0.4, -0.2) is 45.8 Å². The van der Waals surface area contributed by atoms with Crippen LogP contribution in [0.4, 0.5) is 10.5 Å². The molecule has 27 heavy (non-hydrogen) atoms. The van der Waals surface area contributed by atoms with Crippen LogP contribution in [0.3, 0.4) is 0 Å². The number of benzene rings is 1. The Labute approximate surface area is 153 Å². The standard InChI is InChI=1S/C16H18N6O5/c1-7(15(25)26)19-14(24)8-2-4-9(5-3-8)20-16(27)22-12-10(23)6-11(17)21-13(12)18/h2-5,7,23H,6H2,1H3,(H,19,24)(H,25,26)(H3,17,18,21)(H2,20,22,27)/t7-/m0/s1. The minimum absolute atomic E-state index is 0.0644. The number of amides is 3. The molecule has 1 aromatic rings. The largest absolute Gasteiger partial charge is 0.510 e. The molecule has 0 fully saturated rings. The molecule has 0 saturated heterocycles. The number of urea groups is 1. The molecule has 1 heterocycles. The number of carboxylic acid groups (broad SMARTS) is 1. The van der Waals surface area contributed by atoms with Gasteiger partial charge in [-0.2, -0.15) is 0 Å². The van der Waals surface area contributed by atoms with Gasteiger partial charge in [0.25, 0.3) is 5.91 Å². The van der Waals surface area contributed by atoms with Crippen molar-refractivity contribution in [1.82, 2.24) is 10.6 Å². The van der Waals surface area contributed by atoms with Gasteiger partial charge in [-0.3, -0.25) is 15.0 Å². The Kier molecular flexibility index (Phi) is 5.75. The Balaban J connectivity index is 1.97.